The van der Waals surface area contributed by atoms with Gasteiger partial charge in [-0.1, -0.05) is 29.7 Å². The van der Waals surface area contributed by atoms with Crippen molar-refractivity contribution in [2.24, 2.45) is 0 Å². The Bertz CT molecular complexity index is 437. The van der Waals surface area contributed by atoms with Crippen molar-refractivity contribution in [3.05, 3.63) is 36.4 Å². The molecule has 62 valence electrons. The molecule has 2 rings (SSSR count). The molecule has 0 aliphatic carbocycles. The second kappa shape index (κ2) is 3.13. The summed E-state index contributed by atoms with van der Waals surface area (Å²) in [7, 11) is 7.33. The van der Waals surface area contributed by atoms with Crippen LogP contribution in [0.5, 0.6) is 5.75 Å². The summed E-state index contributed by atoms with van der Waals surface area (Å²) < 4.78 is 5.12. The Hall–Kier alpha value is -1.44. The highest BCUT2D eigenvalue weighted by atomic mass is 16.5. The van der Waals surface area contributed by atoms with E-state index < -0.39 is 0 Å². The minimum absolute atomic E-state index is 0.790. The predicted octanol–water partition coefficient (Wildman–Crippen LogP) is 1.64. The molecular formula is C11H9BO. The van der Waals surface area contributed by atoms with Gasteiger partial charge in [0, 0.05) is 0 Å². The maximum absolute atomic E-state index is 5.66. The molecule has 0 bridgehead atoms. The monoisotopic (exact) mass is 168 g/mol. The molecule has 0 aromatic heterocycles. The van der Waals surface area contributed by atoms with Crippen molar-refractivity contribution >= 4 is 24.1 Å². The van der Waals surface area contributed by atoms with Crippen molar-refractivity contribution in [3.63, 3.8) is 0 Å². The number of hydrogen-bond donors (Lipinski definition) is 0. The van der Waals surface area contributed by atoms with Crippen molar-refractivity contribution < 1.29 is 4.74 Å². The summed E-state index contributed by atoms with van der Waals surface area (Å²) in [5.74, 6) is 0.872. The zero-order chi connectivity index (χ0) is 9.26. The van der Waals surface area contributed by atoms with E-state index in [4.69, 9.17) is 12.6 Å². The van der Waals surface area contributed by atoms with E-state index >= 15 is 0 Å². The fraction of sp³-hybridized carbons (Fsp3) is 0.0909. The third-order valence-electron chi connectivity index (χ3n) is 2.07. The van der Waals surface area contributed by atoms with Gasteiger partial charge in [-0.15, -0.1) is 0 Å². The van der Waals surface area contributed by atoms with Gasteiger partial charge in [0.1, 0.15) is 13.6 Å². The van der Waals surface area contributed by atoms with E-state index in [0.29, 0.717) is 0 Å². The maximum atomic E-state index is 5.66. The molecule has 0 unspecified atom stereocenters. The van der Waals surface area contributed by atoms with Crippen molar-refractivity contribution in [1.29, 1.82) is 0 Å². The molecule has 2 aromatic carbocycles. The highest BCUT2D eigenvalue weighted by molar-refractivity contribution is 6.33. The molecule has 0 amide bonds. The summed E-state index contributed by atoms with van der Waals surface area (Å²) in [6, 6.07) is 11.8. The molecule has 13 heavy (non-hydrogen) atoms. The first-order chi connectivity index (χ1) is 6.29. The Morgan fingerprint density at radius 1 is 1.00 bits per heavy atom. The molecule has 0 spiro atoms. The van der Waals surface area contributed by atoms with E-state index in [-0.39, 0.29) is 0 Å². The summed E-state index contributed by atoms with van der Waals surface area (Å²) in [6.07, 6.45) is 0. The molecule has 0 heterocycles. The Kier molecular flexibility index (Phi) is 1.97. The van der Waals surface area contributed by atoms with Crippen LogP contribution in [0.25, 0.3) is 10.8 Å². The molecule has 0 N–H and O–H groups in total. The van der Waals surface area contributed by atoms with Crippen LogP contribution in [0.1, 0.15) is 0 Å². The molecule has 1 nitrogen and oxygen atoms in total. The molecule has 2 heteroatoms. The van der Waals surface area contributed by atoms with Gasteiger partial charge in [0.05, 0.1) is 7.11 Å². The van der Waals surface area contributed by atoms with Crippen LogP contribution in [0.15, 0.2) is 36.4 Å². The average molecular weight is 168 g/mol. The van der Waals surface area contributed by atoms with Gasteiger partial charge in [-0.2, -0.15) is 0 Å². The highest BCUT2D eigenvalue weighted by Gasteiger charge is 1.95. The van der Waals surface area contributed by atoms with Gasteiger partial charge in [-0.3, -0.25) is 0 Å². The summed E-state index contributed by atoms with van der Waals surface area (Å²) in [5.41, 5.74) is 0.790. The molecule has 2 aromatic rings. The van der Waals surface area contributed by atoms with Crippen LogP contribution in [-0.2, 0) is 0 Å². The summed E-state index contributed by atoms with van der Waals surface area (Å²) >= 11 is 0. The standard InChI is InChI=1S/C11H9BO/c1-13-11-5-3-8-6-10(12)4-2-9(8)7-11/h2-7H,1H3. The lowest BCUT2D eigenvalue weighted by Crippen LogP contribution is -1.99. The van der Waals surface area contributed by atoms with Crippen LogP contribution in [0.2, 0.25) is 0 Å². The number of rotatable bonds is 1. The molecule has 0 fully saturated rings. The number of ether oxygens (including phenoxy) is 1. The summed E-state index contributed by atoms with van der Waals surface area (Å²) in [6.45, 7) is 0. The van der Waals surface area contributed by atoms with E-state index in [1.54, 1.807) is 7.11 Å². The van der Waals surface area contributed by atoms with Gasteiger partial charge in [-0.25, -0.2) is 0 Å². The first-order valence-corrected chi connectivity index (χ1v) is 4.13. The molecule has 0 saturated heterocycles. The molecule has 2 radical (unpaired) electrons. The maximum Gasteiger partial charge on any atom is 0.119 e. The Balaban J connectivity index is 2.66. The van der Waals surface area contributed by atoms with Crippen molar-refractivity contribution in [1.82, 2.24) is 0 Å². The second-order valence-corrected chi connectivity index (χ2v) is 2.97. The zero-order valence-electron chi connectivity index (χ0n) is 7.45. The molecule has 0 atom stereocenters. The van der Waals surface area contributed by atoms with Crippen molar-refractivity contribution in [2.45, 2.75) is 0 Å². The van der Waals surface area contributed by atoms with Gasteiger partial charge < -0.3 is 4.74 Å². The van der Waals surface area contributed by atoms with E-state index in [2.05, 4.69) is 0 Å². The minimum atomic E-state index is 0.790. The molecular weight excluding hydrogens is 159 g/mol. The topological polar surface area (TPSA) is 9.23 Å². The predicted molar refractivity (Wildman–Crippen MR) is 55.9 cm³/mol. The van der Waals surface area contributed by atoms with Crippen LogP contribution in [0.3, 0.4) is 0 Å². The number of fused-ring (bicyclic) bond motifs is 1. The van der Waals surface area contributed by atoms with Gasteiger partial charge >= 0.3 is 0 Å². The third-order valence-corrected chi connectivity index (χ3v) is 2.07. The quantitative estimate of drug-likeness (QED) is 0.588. The van der Waals surface area contributed by atoms with E-state index in [1.165, 1.54) is 0 Å². The SMILES string of the molecule is [B]c1ccc2cc(OC)ccc2c1. The highest BCUT2D eigenvalue weighted by Crippen LogP contribution is 2.19. The lowest BCUT2D eigenvalue weighted by atomic mass is 9.93. The minimum Gasteiger partial charge on any atom is -0.497 e. The first-order valence-electron chi connectivity index (χ1n) is 4.13. The fourth-order valence-corrected chi connectivity index (χ4v) is 1.37. The molecule has 0 aliphatic rings. The lowest BCUT2D eigenvalue weighted by molar-refractivity contribution is 0.415. The summed E-state index contributed by atoms with van der Waals surface area (Å²) in [5, 5.41) is 2.29. The lowest BCUT2D eigenvalue weighted by Gasteiger charge is -2.02. The number of benzene rings is 2. The van der Waals surface area contributed by atoms with Crippen LogP contribution in [-0.4, -0.2) is 15.0 Å². The average Bonchev–Trinajstić information content (AvgIpc) is 2.17. The first kappa shape index (κ1) is 8.18. The second-order valence-electron chi connectivity index (χ2n) is 2.97. The van der Waals surface area contributed by atoms with Gasteiger partial charge in [0.15, 0.2) is 0 Å². The Labute approximate surface area is 78.7 Å². The van der Waals surface area contributed by atoms with Gasteiger partial charge in [0.2, 0.25) is 0 Å². The van der Waals surface area contributed by atoms with Crippen LogP contribution in [0.4, 0.5) is 0 Å². The van der Waals surface area contributed by atoms with Crippen molar-refractivity contribution in [2.75, 3.05) is 7.11 Å². The third kappa shape index (κ3) is 1.52. The van der Waals surface area contributed by atoms with Crippen LogP contribution >= 0.6 is 0 Å². The van der Waals surface area contributed by atoms with Gasteiger partial charge in [-0.05, 0) is 22.9 Å². The number of hydrogen-bond acceptors (Lipinski definition) is 1. The number of methoxy groups -OCH3 is 1. The largest absolute Gasteiger partial charge is 0.497 e. The zero-order valence-corrected chi connectivity index (χ0v) is 7.45. The van der Waals surface area contributed by atoms with E-state index in [1.807, 2.05) is 36.4 Å². The molecule has 0 aliphatic heterocycles. The fourth-order valence-electron chi connectivity index (χ4n) is 1.37. The Morgan fingerprint density at radius 2 is 1.69 bits per heavy atom. The van der Waals surface area contributed by atoms with E-state index in [0.717, 1.165) is 22.0 Å². The van der Waals surface area contributed by atoms with Crippen molar-refractivity contribution in [3.8, 4) is 5.75 Å². The smallest absolute Gasteiger partial charge is 0.119 e. The van der Waals surface area contributed by atoms with E-state index in [9.17, 15) is 0 Å². The molecule has 0 saturated carbocycles. The van der Waals surface area contributed by atoms with Gasteiger partial charge in [0.25, 0.3) is 0 Å². The normalized spacial score (nSPS) is 10.2. The van der Waals surface area contributed by atoms with Crippen LogP contribution in [0, 0.1) is 0 Å². The Morgan fingerprint density at radius 3 is 2.46 bits per heavy atom. The van der Waals surface area contributed by atoms with Crippen LogP contribution < -0.4 is 10.2 Å². The summed E-state index contributed by atoms with van der Waals surface area (Å²) in [4.78, 5) is 0.